The van der Waals surface area contributed by atoms with E-state index in [-0.39, 0.29) is 0 Å². The van der Waals surface area contributed by atoms with Gasteiger partial charge in [0.1, 0.15) is 5.75 Å². The fraction of sp³-hybridized carbons (Fsp3) is 0.294. The van der Waals surface area contributed by atoms with Crippen LogP contribution in [0.1, 0.15) is 16.7 Å². The molecule has 0 unspecified atom stereocenters. The van der Waals surface area contributed by atoms with Crippen LogP contribution in [0.5, 0.6) is 5.75 Å². The number of aryl methyl sites for hydroxylation is 1. The lowest BCUT2D eigenvalue weighted by atomic mass is 10.1. The van der Waals surface area contributed by atoms with Gasteiger partial charge in [-0.05, 0) is 37.7 Å². The van der Waals surface area contributed by atoms with Crippen LogP contribution in [0, 0.1) is 6.92 Å². The van der Waals surface area contributed by atoms with Gasteiger partial charge in [-0.2, -0.15) is 0 Å². The highest BCUT2D eigenvalue weighted by Crippen LogP contribution is 2.24. The van der Waals surface area contributed by atoms with Gasteiger partial charge in [0.2, 0.25) is 0 Å². The zero-order chi connectivity index (χ0) is 14.5. The third kappa shape index (κ3) is 4.09. The van der Waals surface area contributed by atoms with E-state index in [1.807, 2.05) is 12.1 Å². The van der Waals surface area contributed by atoms with E-state index < -0.39 is 0 Å². The molecule has 2 aromatic carbocycles. The molecule has 0 saturated heterocycles. The molecule has 0 spiro atoms. The molecular weight excluding hydrogens is 314 g/mol. The summed E-state index contributed by atoms with van der Waals surface area (Å²) in [5.41, 5.74) is 3.81. The van der Waals surface area contributed by atoms with Crippen molar-refractivity contribution in [3.63, 3.8) is 0 Å². The number of ether oxygens (including phenoxy) is 1. The van der Waals surface area contributed by atoms with Gasteiger partial charge < -0.3 is 4.74 Å². The van der Waals surface area contributed by atoms with Gasteiger partial charge in [-0.25, -0.2) is 0 Å². The van der Waals surface area contributed by atoms with Gasteiger partial charge in [0.15, 0.2) is 0 Å². The molecule has 2 rings (SSSR count). The van der Waals surface area contributed by atoms with Gasteiger partial charge >= 0.3 is 0 Å². The third-order valence-corrected chi connectivity index (χ3v) is 3.75. The number of nitrogens with zero attached hydrogens (tertiary/aromatic N) is 1. The first-order valence-corrected chi connectivity index (χ1v) is 7.44. The average molecular weight is 334 g/mol. The van der Waals surface area contributed by atoms with Gasteiger partial charge in [-0.1, -0.05) is 45.8 Å². The molecule has 0 atom stereocenters. The Morgan fingerprint density at radius 2 is 1.75 bits per heavy atom. The van der Waals surface area contributed by atoms with Crippen molar-refractivity contribution >= 4 is 15.9 Å². The Labute approximate surface area is 129 Å². The molecule has 3 heteroatoms. The fourth-order valence-corrected chi connectivity index (χ4v) is 2.63. The summed E-state index contributed by atoms with van der Waals surface area (Å²) in [7, 11) is 3.84. The first kappa shape index (κ1) is 15.1. The highest BCUT2D eigenvalue weighted by atomic mass is 79.9. The maximum absolute atomic E-state index is 5.42. The molecule has 2 nitrogen and oxygen atoms in total. The van der Waals surface area contributed by atoms with Crippen LogP contribution in [-0.2, 0) is 13.1 Å². The number of rotatable bonds is 5. The van der Waals surface area contributed by atoms with E-state index in [0.717, 1.165) is 23.3 Å². The minimum atomic E-state index is 0.858. The monoisotopic (exact) mass is 333 g/mol. The van der Waals surface area contributed by atoms with Crippen molar-refractivity contribution in [1.29, 1.82) is 0 Å². The van der Waals surface area contributed by atoms with E-state index in [9.17, 15) is 0 Å². The molecule has 0 aliphatic heterocycles. The summed E-state index contributed by atoms with van der Waals surface area (Å²) in [6, 6.07) is 14.8. The average Bonchev–Trinajstić information content (AvgIpc) is 2.41. The molecule has 0 radical (unpaired) electrons. The summed E-state index contributed by atoms with van der Waals surface area (Å²) in [6.07, 6.45) is 0. The molecule has 0 bridgehead atoms. The molecule has 0 aromatic heterocycles. The van der Waals surface area contributed by atoms with Crippen molar-refractivity contribution in [1.82, 2.24) is 4.90 Å². The number of benzene rings is 2. The standard InChI is InChI=1S/C17H20BrNO/c1-13-4-6-14(7-5-13)11-19(2)12-15-10-16(18)8-9-17(15)20-3/h4-10H,11-12H2,1-3H3. The zero-order valence-electron chi connectivity index (χ0n) is 12.2. The normalized spacial score (nSPS) is 10.8. The Morgan fingerprint density at radius 3 is 2.40 bits per heavy atom. The maximum atomic E-state index is 5.42. The molecule has 0 aliphatic rings. The van der Waals surface area contributed by atoms with E-state index in [1.54, 1.807) is 7.11 Å². The van der Waals surface area contributed by atoms with Crippen LogP contribution in [0.2, 0.25) is 0 Å². The van der Waals surface area contributed by atoms with E-state index in [1.165, 1.54) is 16.7 Å². The van der Waals surface area contributed by atoms with Crippen molar-refractivity contribution in [2.24, 2.45) is 0 Å². The second-order valence-electron chi connectivity index (χ2n) is 5.11. The molecule has 0 aliphatic carbocycles. The highest BCUT2D eigenvalue weighted by molar-refractivity contribution is 9.10. The lowest BCUT2D eigenvalue weighted by molar-refractivity contribution is 0.310. The molecule has 0 N–H and O–H groups in total. The molecular formula is C17H20BrNO. The lowest BCUT2D eigenvalue weighted by Crippen LogP contribution is -2.17. The topological polar surface area (TPSA) is 12.5 Å². The minimum Gasteiger partial charge on any atom is -0.496 e. The molecule has 0 amide bonds. The molecule has 0 saturated carbocycles. The number of hydrogen-bond acceptors (Lipinski definition) is 2. The Hall–Kier alpha value is -1.32. The summed E-state index contributed by atoms with van der Waals surface area (Å²) in [4.78, 5) is 2.29. The Kier molecular flexibility index (Phi) is 5.21. The maximum Gasteiger partial charge on any atom is 0.123 e. The summed E-state index contributed by atoms with van der Waals surface area (Å²) < 4.78 is 6.50. The summed E-state index contributed by atoms with van der Waals surface area (Å²) >= 11 is 3.52. The van der Waals surface area contributed by atoms with Crippen molar-refractivity contribution in [3.8, 4) is 5.75 Å². The smallest absolute Gasteiger partial charge is 0.123 e. The van der Waals surface area contributed by atoms with Crippen LogP contribution in [0.3, 0.4) is 0 Å². The van der Waals surface area contributed by atoms with Crippen LogP contribution in [-0.4, -0.2) is 19.1 Å². The first-order chi connectivity index (χ1) is 9.58. The van der Waals surface area contributed by atoms with Crippen LogP contribution in [0.15, 0.2) is 46.9 Å². The van der Waals surface area contributed by atoms with Gasteiger partial charge in [0.25, 0.3) is 0 Å². The first-order valence-electron chi connectivity index (χ1n) is 6.65. The SMILES string of the molecule is COc1ccc(Br)cc1CN(C)Cc1ccc(C)cc1. The van der Waals surface area contributed by atoms with Crippen LogP contribution in [0.25, 0.3) is 0 Å². The minimum absolute atomic E-state index is 0.858. The van der Waals surface area contributed by atoms with Crippen molar-refractivity contribution in [2.45, 2.75) is 20.0 Å². The van der Waals surface area contributed by atoms with E-state index in [0.29, 0.717) is 0 Å². The second kappa shape index (κ2) is 6.91. The molecule has 0 fully saturated rings. The van der Waals surface area contributed by atoms with E-state index in [2.05, 4.69) is 65.1 Å². The molecule has 20 heavy (non-hydrogen) atoms. The summed E-state index contributed by atoms with van der Waals surface area (Å²) in [5.74, 6) is 0.934. The Bertz CT molecular complexity index is 566. The van der Waals surface area contributed by atoms with Gasteiger partial charge in [-0.15, -0.1) is 0 Å². The van der Waals surface area contributed by atoms with Crippen molar-refractivity contribution in [3.05, 3.63) is 63.6 Å². The van der Waals surface area contributed by atoms with Gasteiger partial charge in [-0.3, -0.25) is 4.90 Å². The molecule has 0 heterocycles. The summed E-state index contributed by atoms with van der Waals surface area (Å²) in [6.45, 7) is 3.90. The highest BCUT2D eigenvalue weighted by Gasteiger charge is 2.07. The predicted molar refractivity (Wildman–Crippen MR) is 87.0 cm³/mol. The zero-order valence-corrected chi connectivity index (χ0v) is 13.8. The van der Waals surface area contributed by atoms with Gasteiger partial charge in [0.05, 0.1) is 7.11 Å². The molecule has 106 valence electrons. The van der Waals surface area contributed by atoms with Crippen molar-refractivity contribution in [2.75, 3.05) is 14.2 Å². The van der Waals surface area contributed by atoms with Crippen LogP contribution >= 0.6 is 15.9 Å². The van der Waals surface area contributed by atoms with E-state index in [4.69, 9.17) is 4.74 Å². The van der Waals surface area contributed by atoms with Crippen molar-refractivity contribution < 1.29 is 4.74 Å². The van der Waals surface area contributed by atoms with Gasteiger partial charge in [0, 0.05) is 23.1 Å². The third-order valence-electron chi connectivity index (χ3n) is 3.26. The number of methoxy groups -OCH3 is 1. The second-order valence-corrected chi connectivity index (χ2v) is 6.03. The number of hydrogen-bond donors (Lipinski definition) is 0. The van der Waals surface area contributed by atoms with Crippen LogP contribution < -0.4 is 4.74 Å². The largest absolute Gasteiger partial charge is 0.496 e. The predicted octanol–water partition coefficient (Wildman–Crippen LogP) is 4.40. The summed E-state index contributed by atoms with van der Waals surface area (Å²) in [5, 5.41) is 0. The fourth-order valence-electron chi connectivity index (χ4n) is 2.22. The Balaban J connectivity index is 2.05. The lowest BCUT2D eigenvalue weighted by Gasteiger charge is -2.19. The molecule has 2 aromatic rings. The Morgan fingerprint density at radius 1 is 1.05 bits per heavy atom. The van der Waals surface area contributed by atoms with Crippen LogP contribution in [0.4, 0.5) is 0 Å². The quantitative estimate of drug-likeness (QED) is 0.804. The number of halogens is 1. The van der Waals surface area contributed by atoms with E-state index >= 15 is 0 Å².